The molecule has 2 aliphatic carbocycles. The van der Waals surface area contributed by atoms with E-state index in [1.54, 1.807) is 0 Å². The van der Waals surface area contributed by atoms with Gasteiger partial charge in [-0.2, -0.15) is 25.5 Å². The van der Waals surface area contributed by atoms with Gasteiger partial charge in [0.05, 0.1) is 62.9 Å². The number of nitrogens with zero attached hydrogens (tertiary/aromatic N) is 5. The second kappa shape index (κ2) is 37.5. The Bertz CT molecular complexity index is 3720. The third-order valence-electron chi connectivity index (χ3n) is 10.8. The first-order chi connectivity index (χ1) is 42.0. The number of hydrogen-bond acceptors (Lipinski definition) is 30. The van der Waals surface area contributed by atoms with Gasteiger partial charge in [0.25, 0.3) is 27.8 Å². The predicted molar refractivity (Wildman–Crippen MR) is 333 cm³/mol. The van der Waals surface area contributed by atoms with E-state index in [9.17, 15) is 71.9 Å². The van der Waals surface area contributed by atoms with Crippen molar-refractivity contribution in [3.63, 3.8) is 0 Å². The van der Waals surface area contributed by atoms with Crippen molar-refractivity contribution in [1.82, 2.24) is 75.9 Å². The number of hydrogen-bond donors (Lipinski definition) is 10. The number of aromatic nitrogens is 15. The molecule has 0 amide bonds. The summed E-state index contributed by atoms with van der Waals surface area (Å²) >= 11 is 4.64. The molecular formula is C49H71N15O20S5Si. The van der Waals surface area contributed by atoms with Crippen LogP contribution in [0.5, 0.6) is 0 Å². The Kier molecular flexibility index (Phi) is 31.9. The molecule has 0 aliphatic heterocycles. The van der Waals surface area contributed by atoms with Crippen LogP contribution in [0.3, 0.4) is 0 Å². The molecule has 5 aromatic rings. The summed E-state index contributed by atoms with van der Waals surface area (Å²) in [6.07, 6.45) is 5.87. The van der Waals surface area contributed by atoms with Gasteiger partial charge in [-0.1, -0.05) is 126 Å². The lowest BCUT2D eigenvalue weighted by molar-refractivity contribution is -0.150. The minimum Gasteiger partial charge on any atom is -0.469 e. The Labute approximate surface area is 530 Å². The van der Waals surface area contributed by atoms with E-state index in [1.807, 2.05) is 73.4 Å². The van der Waals surface area contributed by atoms with E-state index < -0.39 is 82.2 Å². The minimum absolute atomic E-state index is 0.00734. The van der Waals surface area contributed by atoms with Crippen molar-refractivity contribution < 1.29 is 47.7 Å². The maximum atomic E-state index is 11.6. The summed E-state index contributed by atoms with van der Waals surface area (Å²) in [4.78, 5) is 177. The highest BCUT2D eigenvalue weighted by atomic mass is 32.2. The number of ether oxygens (including phenoxy) is 5. The molecule has 2 saturated carbocycles. The average molecular weight is 1380 g/mol. The zero-order valence-corrected chi connectivity index (χ0v) is 55.7. The number of carbonyl (C=O) groups excluding carboxylic acids is 5. The summed E-state index contributed by atoms with van der Waals surface area (Å²) in [5, 5.41) is 28.4. The zero-order valence-electron chi connectivity index (χ0n) is 50.6. The van der Waals surface area contributed by atoms with Gasteiger partial charge < -0.3 is 23.7 Å². The predicted octanol–water partition coefficient (Wildman–Crippen LogP) is 0.0357. The fourth-order valence-electron chi connectivity index (χ4n) is 5.34. The first-order valence-electron chi connectivity index (χ1n) is 27.0. The van der Waals surface area contributed by atoms with Crippen molar-refractivity contribution in [2.75, 3.05) is 54.8 Å². The van der Waals surface area contributed by atoms with E-state index in [4.69, 9.17) is 23.7 Å². The molecule has 2 fully saturated rings. The lowest BCUT2D eigenvalue weighted by atomic mass is 9.86. The van der Waals surface area contributed by atoms with Crippen LogP contribution >= 0.6 is 58.8 Å². The largest absolute Gasteiger partial charge is 0.469 e. The number of aromatic amines is 10. The Morgan fingerprint density at radius 3 is 0.967 bits per heavy atom. The summed E-state index contributed by atoms with van der Waals surface area (Å²) in [6.45, 7) is 21.0. The van der Waals surface area contributed by atoms with Crippen molar-refractivity contribution in [3.05, 3.63) is 104 Å². The van der Waals surface area contributed by atoms with Crippen LogP contribution in [0, 0.1) is 22.7 Å². The molecule has 496 valence electrons. The first kappa shape index (κ1) is 76.6. The highest BCUT2D eigenvalue weighted by Gasteiger charge is 2.25. The fraction of sp³-hybridized carbons (Fsp3) is 0.592. The summed E-state index contributed by atoms with van der Waals surface area (Å²) in [5.74, 6) is -1.06. The molecule has 0 radical (unpaired) electrons. The Hall–Kier alpha value is -7.63. The summed E-state index contributed by atoms with van der Waals surface area (Å²) in [6, 6.07) is 0. The second-order valence-electron chi connectivity index (χ2n) is 22.6. The minimum atomic E-state index is -1.43. The van der Waals surface area contributed by atoms with Crippen LogP contribution < -0.4 is 56.2 Å². The van der Waals surface area contributed by atoms with Gasteiger partial charge in [-0.15, -0.1) is 0 Å². The molecule has 5 heterocycles. The van der Waals surface area contributed by atoms with E-state index >= 15 is 0 Å². The molecule has 1 atom stereocenters. The maximum absolute atomic E-state index is 11.6. The average Bonchev–Trinajstić information content (AvgIpc) is 3.34. The number of thioether (sulfide) groups is 5. The van der Waals surface area contributed by atoms with Gasteiger partial charge in [0.1, 0.15) is 6.10 Å². The number of esters is 5. The molecule has 90 heavy (non-hydrogen) atoms. The van der Waals surface area contributed by atoms with Gasteiger partial charge >= 0.3 is 58.3 Å². The highest BCUT2D eigenvalue weighted by Crippen LogP contribution is 2.29. The standard InChI is InChI=1S/C11H17N3O4S.C10H13N3O4S.C10H15N3O4S.C9H15N3O4SSi.C9H11N3O4S/c1-6(11(2,3)4)18-7(15)5-19-9-8(16)12-10(17)14-13-9;14-7(17-4-6-2-1-3-6)5-18-9-8(15)11-10(16)13-12-9;1-10(2,3)5-17-6(14)4-18-8-7(15)11-9(16)13-12-8;1-18(2,3)5-16-6(13)4-17-8-7(14)10-9(15)12-11-8;13-6(16-3-5-1-2-5)4-17-8-7(14)10-9(15)12-11-8/h6H,5H2,1-4H3,(H2,12,14,16,17);6H,1-5H2,(H2,11,13,15,16);4-5H2,1-3H3,(H2,11,13,15,16);4-5H2,1-3H3,(H2,10,12,14,15);5H,1-4H2,(H2,10,12,14,15). The van der Waals surface area contributed by atoms with Crippen LogP contribution in [0.25, 0.3) is 0 Å². The van der Waals surface area contributed by atoms with Gasteiger partial charge in [0.15, 0.2) is 25.1 Å². The van der Waals surface area contributed by atoms with Crippen LogP contribution in [0.1, 0.15) is 80.6 Å². The zero-order chi connectivity index (χ0) is 67.4. The van der Waals surface area contributed by atoms with E-state index in [1.165, 1.54) is 6.42 Å². The quantitative estimate of drug-likeness (QED) is 0.0179. The van der Waals surface area contributed by atoms with Gasteiger partial charge in [-0.05, 0) is 55.3 Å². The molecule has 10 N–H and O–H groups in total. The first-order valence-corrected chi connectivity index (χ1v) is 35.6. The van der Waals surface area contributed by atoms with Crippen molar-refractivity contribution in [1.29, 1.82) is 0 Å². The number of carbonyl (C=O) groups is 5. The maximum Gasteiger partial charge on any atom is 0.342 e. The lowest BCUT2D eigenvalue weighted by Crippen LogP contribution is -2.30. The molecule has 2 aliphatic rings. The summed E-state index contributed by atoms with van der Waals surface area (Å²) in [7, 11) is -1.43. The fourth-order valence-corrected chi connectivity index (χ4v) is 9.07. The molecule has 35 nitrogen and oxygen atoms in total. The third-order valence-corrected chi connectivity index (χ3v) is 16.4. The number of H-pyrrole nitrogens is 10. The van der Waals surface area contributed by atoms with Crippen molar-refractivity contribution in [2.45, 2.75) is 131 Å². The molecule has 5 aromatic heterocycles. The number of rotatable bonds is 23. The molecular weight excluding hydrogens is 1310 g/mol. The van der Waals surface area contributed by atoms with E-state index in [0.717, 1.165) is 84.5 Å². The molecule has 41 heteroatoms. The molecule has 0 aromatic carbocycles. The Morgan fingerprint density at radius 1 is 0.444 bits per heavy atom. The highest BCUT2D eigenvalue weighted by molar-refractivity contribution is 8.00. The van der Waals surface area contributed by atoms with Crippen LogP contribution in [-0.2, 0) is 47.7 Å². The normalized spacial score (nSPS) is 13.0. The van der Waals surface area contributed by atoms with Crippen LogP contribution in [-0.4, -0.2) is 175 Å². The molecule has 0 saturated heterocycles. The van der Waals surface area contributed by atoms with E-state index in [2.05, 4.69) is 70.6 Å². The molecule has 7 rings (SSSR count). The topological polar surface area (TPSA) is 525 Å². The molecule has 1 unspecified atom stereocenters. The van der Waals surface area contributed by atoms with Gasteiger partial charge in [0, 0.05) is 0 Å². The van der Waals surface area contributed by atoms with Crippen LogP contribution in [0.15, 0.2) is 73.1 Å². The van der Waals surface area contributed by atoms with Gasteiger partial charge in [0.2, 0.25) is 0 Å². The smallest absolute Gasteiger partial charge is 0.342 e. The summed E-state index contributed by atoms with van der Waals surface area (Å²) < 4.78 is 25.4. The van der Waals surface area contributed by atoms with E-state index in [-0.39, 0.29) is 82.8 Å². The Morgan fingerprint density at radius 2 is 0.722 bits per heavy atom. The van der Waals surface area contributed by atoms with Crippen LogP contribution in [0.4, 0.5) is 0 Å². The van der Waals surface area contributed by atoms with Crippen LogP contribution in [0.2, 0.25) is 19.6 Å². The van der Waals surface area contributed by atoms with Crippen molar-refractivity contribution in [2.24, 2.45) is 22.7 Å². The molecule has 0 spiro atoms. The van der Waals surface area contributed by atoms with Crippen molar-refractivity contribution in [3.8, 4) is 0 Å². The van der Waals surface area contributed by atoms with Gasteiger partial charge in [-0.25, -0.2) is 49.5 Å². The molecule has 0 bridgehead atoms. The van der Waals surface area contributed by atoms with Gasteiger partial charge in [-0.3, -0.25) is 72.9 Å². The third kappa shape index (κ3) is 33.3. The number of nitrogens with one attached hydrogen (secondary N) is 10. The monoisotopic (exact) mass is 1380 g/mol. The van der Waals surface area contributed by atoms with Crippen molar-refractivity contribution >= 4 is 96.7 Å². The second-order valence-corrected chi connectivity index (χ2v) is 32.8. The van der Waals surface area contributed by atoms with E-state index in [0.29, 0.717) is 37.9 Å². The summed E-state index contributed by atoms with van der Waals surface area (Å²) in [5.41, 5.74) is -6.68. The Balaban J connectivity index is 0.000000294. The lowest BCUT2D eigenvalue weighted by Gasteiger charge is -2.26. The SMILES string of the molecule is CC(C)(C)COC(=O)CSc1n[nH]c(=O)[nH]c1=O.CC(OC(=O)CSc1n[nH]c(=O)[nH]c1=O)C(C)(C)C.C[Si](C)(C)COC(=O)CSc1n[nH]c(=O)[nH]c1=O.O=C(CSc1n[nH]c(=O)[nH]c1=O)OCC1CC1.O=C(CSc1n[nH]c(=O)[nH]c1=O)OCC1CCC1.